The number of hydrogen-bond donors (Lipinski definition) is 3. The number of ether oxygens (including phenoxy) is 1. The first-order valence-electron chi connectivity index (χ1n) is 6.38. The summed E-state index contributed by atoms with van der Waals surface area (Å²) in [6, 6.07) is 1.23. The van der Waals surface area contributed by atoms with E-state index in [0.717, 1.165) is 6.42 Å². The summed E-state index contributed by atoms with van der Waals surface area (Å²) >= 11 is 0. The predicted octanol–water partition coefficient (Wildman–Crippen LogP) is -0.900. The molecule has 2 heterocycles. The van der Waals surface area contributed by atoms with E-state index in [1.54, 1.807) is 0 Å². The van der Waals surface area contributed by atoms with Crippen molar-refractivity contribution in [2.45, 2.75) is 49.7 Å². The smallest absolute Gasteiger partial charge is 0.330 e. The van der Waals surface area contributed by atoms with Crippen LogP contribution in [0, 0.1) is 0 Å². The molecule has 3 rings (SSSR count). The third kappa shape index (κ3) is 1.85. The highest BCUT2D eigenvalue weighted by Gasteiger charge is 2.55. The fourth-order valence-electron chi connectivity index (χ4n) is 3.10. The third-order valence-corrected chi connectivity index (χ3v) is 4.11. The minimum absolute atomic E-state index is 0.225. The zero-order chi connectivity index (χ0) is 13.6. The lowest BCUT2D eigenvalue weighted by molar-refractivity contribution is -0.149. The second-order valence-corrected chi connectivity index (χ2v) is 5.20. The van der Waals surface area contributed by atoms with Gasteiger partial charge in [0.25, 0.3) is 5.56 Å². The lowest BCUT2D eigenvalue weighted by Crippen LogP contribution is -2.46. The summed E-state index contributed by atoms with van der Waals surface area (Å²) in [6.07, 6.45) is 1.33. The van der Waals surface area contributed by atoms with Crippen molar-refractivity contribution in [3.05, 3.63) is 33.1 Å². The molecule has 7 heteroatoms. The Bertz CT molecular complexity index is 594. The lowest BCUT2D eigenvalue weighted by atomic mass is 9.93. The number of aromatic nitrogens is 2. The molecule has 1 saturated heterocycles. The molecule has 0 radical (unpaired) electrons. The monoisotopic (exact) mass is 268 g/mol. The molecule has 2 fully saturated rings. The van der Waals surface area contributed by atoms with Crippen molar-refractivity contribution in [1.82, 2.24) is 9.55 Å². The third-order valence-electron chi connectivity index (χ3n) is 4.11. The Hall–Kier alpha value is -1.44. The van der Waals surface area contributed by atoms with Gasteiger partial charge in [0.05, 0.1) is 12.2 Å². The van der Waals surface area contributed by atoms with Crippen molar-refractivity contribution in [3.63, 3.8) is 0 Å². The van der Waals surface area contributed by atoms with Gasteiger partial charge in [-0.3, -0.25) is 14.3 Å². The molecular formula is C12H16N2O5. The number of hydrogen-bond acceptors (Lipinski definition) is 5. The number of nitrogens with one attached hydrogen (secondary N) is 1. The van der Waals surface area contributed by atoms with Gasteiger partial charge in [-0.2, -0.15) is 0 Å². The van der Waals surface area contributed by atoms with E-state index in [1.807, 2.05) is 0 Å². The first-order valence-corrected chi connectivity index (χ1v) is 6.38. The number of aliphatic hydroxyl groups is 2. The normalized spacial score (nSPS) is 38.1. The van der Waals surface area contributed by atoms with Crippen LogP contribution in [0.15, 0.2) is 21.9 Å². The van der Waals surface area contributed by atoms with Crippen LogP contribution in [-0.4, -0.2) is 37.6 Å². The van der Waals surface area contributed by atoms with Crippen LogP contribution in [0.5, 0.6) is 0 Å². The Labute approximate surface area is 108 Å². The number of nitrogens with zero attached hydrogens (tertiary/aromatic N) is 1. The van der Waals surface area contributed by atoms with Gasteiger partial charge in [-0.05, 0) is 19.3 Å². The Balaban J connectivity index is 1.93. The molecule has 0 aromatic carbocycles. The highest BCUT2D eigenvalue weighted by Crippen LogP contribution is 2.46. The second-order valence-electron chi connectivity index (χ2n) is 5.20. The Morgan fingerprint density at radius 1 is 1.37 bits per heavy atom. The summed E-state index contributed by atoms with van der Waals surface area (Å²) in [5.74, 6) is 0. The number of H-pyrrole nitrogens is 1. The van der Waals surface area contributed by atoms with Crippen LogP contribution < -0.4 is 11.2 Å². The molecule has 4 atom stereocenters. The summed E-state index contributed by atoms with van der Waals surface area (Å²) in [4.78, 5) is 24.9. The van der Waals surface area contributed by atoms with Crippen LogP contribution in [0.25, 0.3) is 0 Å². The first-order chi connectivity index (χ1) is 9.03. The van der Waals surface area contributed by atoms with Gasteiger partial charge >= 0.3 is 5.69 Å². The van der Waals surface area contributed by atoms with Gasteiger partial charge < -0.3 is 14.9 Å². The minimum atomic E-state index is -0.972. The summed E-state index contributed by atoms with van der Waals surface area (Å²) in [5, 5.41) is 20.2. The molecular weight excluding hydrogens is 252 g/mol. The molecule has 0 bridgehead atoms. The van der Waals surface area contributed by atoms with E-state index in [-0.39, 0.29) is 6.42 Å². The van der Waals surface area contributed by atoms with E-state index in [0.29, 0.717) is 12.8 Å². The molecule has 0 unspecified atom stereocenters. The standard InChI is InChI=1S/C12H16N2O5/c15-7-2-1-4-12(7)8(16)6-10(19-12)14-5-3-9(17)13-11(14)18/h3,5,7-8,10,15-16H,1-2,4,6H2,(H,13,17,18)/t7-,8-,10-,12+/m0/s1. The van der Waals surface area contributed by atoms with E-state index in [1.165, 1.54) is 16.8 Å². The van der Waals surface area contributed by atoms with Gasteiger partial charge in [0, 0.05) is 18.7 Å². The Morgan fingerprint density at radius 2 is 2.16 bits per heavy atom. The van der Waals surface area contributed by atoms with Gasteiger partial charge in [0.2, 0.25) is 0 Å². The van der Waals surface area contributed by atoms with Crippen molar-refractivity contribution in [2.24, 2.45) is 0 Å². The van der Waals surface area contributed by atoms with Crippen molar-refractivity contribution in [1.29, 1.82) is 0 Å². The van der Waals surface area contributed by atoms with Crippen LogP contribution in [0.3, 0.4) is 0 Å². The largest absolute Gasteiger partial charge is 0.390 e. The van der Waals surface area contributed by atoms with Crippen molar-refractivity contribution in [2.75, 3.05) is 0 Å². The maximum Gasteiger partial charge on any atom is 0.330 e. The predicted molar refractivity (Wildman–Crippen MR) is 64.7 cm³/mol. The summed E-state index contributed by atoms with van der Waals surface area (Å²) in [6.45, 7) is 0. The van der Waals surface area contributed by atoms with Gasteiger partial charge in [-0.15, -0.1) is 0 Å². The summed E-state index contributed by atoms with van der Waals surface area (Å²) in [5.41, 5.74) is -2.02. The molecule has 0 amide bonds. The van der Waals surface area contributed by atoms with Crippen molar-refractivity contribution in [3.8, 4) is 0 Å². The van der Waals surface area contributed by atoms with Crippen LogP contribution >= 0.6 is 0 Å². The molecule has 104 valence electrons. The zero-order valence-electron chi connectivity index (χ0n) is 10.3. The summed E-state index contributed by atoms with van der Waals surface area (Å²) in [7, 11) is 0. The molecule has 7 nitrogen and oxygen atoms in total. The number of aromatic amines is 1. The molecule has 1 spiro atoms. The van der Waals surface area contributed by atoms with E-state index < -0.39 is 35.3 Å². The first kappa shape index (κ1) is 12.6. The molecule has 1 aromatic rings. The maximum atomic E-state index is 11.7. The second kappa shape index (κ2) is 4.29. The van der Waals surface area contributed by atoms with Crippen molar-refractivity contribution < 1.29 is 14.9 Å². The van der Waals surface area contributed by atoms with Gasteiger partial charge in [-0.25, -0.2) is 4.79 Å². The topological polar surface area (TPSA) is 105 Å². The molecule has 1 saturated carbocycles. The number of rotatable bonds is 1. The number of aliphatic hydroxyl groups excluding tert-OH is 2. The van der Waals surface area contributed by atoms with Gasteiger partial charge in [0.15, 0.2) is 0 Å². The van der Waals surface area contributed by atoms with E-state index in [4.69, 9.17) is 4.74 Å². The average molecular weight is 268 g/mol. The average Bonchev–Trinajstić information content (AvgIpc) is 2.86. The fourth-order valence-corrected chi connectivity index (χ4v) is 3.10. The van der Waals surface area contributed by atoms with Gasteiger partial charge in [0.1, 0.15) is 11.8 Å². The van der Waals surface area contributed by atoms with E-state index in [2.05, 4.69) is 4.98 Å². The minimum Gasteiger partial charge on any atom is -0.390 e. The van der Waals surface area contributed by atoms with Crippen LogP contribution in [0.4, 0.5) is 0 Å². The maximum absolute atomic E-state index is 11.7. The molecule has 2 aliphatic rings. The van der Waals surface area contributed by atoms with E-state index >= 15 is 0 Å². The fraction of sp³-hybridized carbons (Fsp3) is 0.667. The molecule has 1 aromatic heterocycles. The summed E-state index contributed by atoms with van der Waals surface area (Å²) < 4.78 is 7.02. The highest BCUT2D eigenvalue weighted by molar-refractivity contribution is 5.04. The molecule has 3 N–H and O–H groups in total. The van der Waals surface area contributed by atoms with Crippen molar-refractivity contribution >= 4 is 0 Å². The molecule has 19 heavy (non-hydrogen) atoms. The van der Waals surface area contributed by atoms with Crippen LogP contribution in [-0.2, 0) is 4.74 Å². The SMILES string of the molecule is O=c1ccn([C@@H]2C[C@H](O)[C@]3(CCC[C@@H]3O)O2)c(=O)[nH]1. The molecule has 1 aliphatic heterocycles. The quantitative estimate of drug-likeness (QED) is 0.612. The Morgan fingerprint density at radius 3 is 2.79 bits per heavy atom. The molecule has 1 aliphatic carbocycles. The van der Waals surface area contributed by atoms with Gasteiger partial charge in [-0.1, -0.05) is 0 Å². The van der Waals surface area contributed by atoms with E-state index in [9.17, 15) is 19.8 Å². The lowest BCUT2D eigenvalue weighted by Gasteiger charge is -2.30. The van der Waals surface area contributed by atoms with Crippen LogP contribution in [0.2, 0.25) is 0 Å². The highest BCUT2D eigenvalue weighted by atomic mass is 16.6. The Kier molecular flexibility index (Phi) is 2.84. The van der Waals surface area contributed by atoms with Crippen LogP contribution in [0.1, 0.15) is 31.9 Å². The zero-order valence-corrected chi connectivity index (χ0v) is 10.3.